The van der Waals surface area contributed by atoms with Gasteiger partial charge in [0.25, 0.3) is 0 Å². The maximum Gasteiger partial charge on any atom is 0.319 e. The Balaban J connectivity index is 1.91. The molecule has 3 rings (SSSR count). The van der Waals surface area contributed by atoms with Crippen molar-refractivity contribution in [1.29, 1.82) is 0 Å². The van der Waals surface area contributed by atoms with Crippen LogP contribution >= 0.6 is 0 Å². The molecule has 4 N–H and O–H groups in total. The van der Waals surface area contributed by atoms with Crippen molar-refractivity contribution in [1.82, 2.24) is 10.0 Å². The summed E-state index contributed by atoms with van der Waals surface area (Å²) >= 11 is 0. The van der Waals surface area contributed by atoms with Gasteiger partial charge in [-0.2, -0.15) is 0 Å². The van der Waals surface area contributed by atoms with Gasteiger partial charge in [-0.25, -0.2) is 17.9 Å². The molecule has 0 saturated carbocycles. The van der Waals surface area contributed by atoms with E-state index in [0.29, 0.717) is 35.5 Å². The maximum absolute atomic E-state index is 13.4. The number of urea groups is 1. The number of hydrogen-bond acceptors (Lipinski definition) is 6. The van der Waals surface area contributed by atoms with Crippen molar-refractivity contribution in [3.8, 4) is 16.9 Å². The second kappa shape index (κ2) is 12.9. The number of aliphatic carboxylic acids is 1. The molecule has 0 bridgehead atoms. The highest BCUT2D eigenvalue weighted by Gasteiger charge is 2.26. The summed E-state index contributed by atoms with van der Waals surface area (Å²) in [6.07, 6.45) is -0.439. The highest BCUT2D eigenvalue weighted by molar-refractivity contribution is 7.89. The first-order chi connectivity index (χ1) is 17.7. The second-order valence-electron chi connectivity index (χ2n) is 8.00. The second-order valence-corrected chi connectivity index (χ2v) is 9.68. The van der Waals surface area contributed by atoms with Gasteiger partial charge < -0.3 is 25.2 Å². The van der Waals surface area contributed by atoms with Gasteiger partial charge in [0.1, 0.15) is 10.6 Å². The van der Waals surface area contributed by atoms with Crippen LogP contribution in [0.25, 0.3) is 11.1 Å². The van der Waals surface area contributed by atoms with E-state index in [1.807, 2.05) is 0 Å². The molecule has 0 fully saturated rings. The van der Waals surface area contributed by atoms with Gasteiger partial charge in [0.15, 0.2) is 0 Å². The van der Waals surface area contributed by atoms with E-state index in [4.69, 9.17) is 9.47 Å². The SMILES string of the molecule is COCCNC(=O)Nc1cccc(-c2ccc(OC)c(S(=O)(=O)NC(CC(=O)O)c3ccccc3)c2)c1. The van der Waals surface area contributed by atoms with Crippen molar-refractivity contribution < 1.29 is 32.6 Å². The van der Waals surface area contributed by atoms with Crippen LogP contribution in [0, 0.1) is 0 Å². The molecule has 0 spiro atoms. The molecule has 0 aliphatic carbocycles. The van der Waals surface area contributed by atoms with Crippen molar-refractivity contribution in [2.45, 2.75) is 17.4 Å². The fourth-order valence-electron chi connectivity index (χ4n) is 3.62. The lowest BCUT2D eigenvalue weighted by molar-refractivity contribution is -0.137. The van der Waals surface area contributed by atoms with E-state index in [1.54, 1.807) is 60.7 Å². The summed E-state index contributed by atoms with van der Waals surface area (Å²) in [5.41, 5.74) is 2.24. The normalized spacial score (nSPS) is 11.9. The summed E-state index contributed by atoms with van der Waals surface area (Å²) in [4.78, 5) is 23.4. The van der Waals surface area contributed by atoms with E-state index in [1.165, 1.54) is 26.4 Å². The molecule has 0 saturated heterocycles. The smallest absolute Gasteiger partial charge is 0.319 e. The molecule has 0 heterocycles. The minimum absolute atomic E-state index is 0.102. The number of amides is 2. The lowest BCUT2D eigenvalue weighted by Crippen LogP contribution is -2.31. The molecule has 0 aliphatic rings. The predicted molar refractivity (Wildman–Crippen MR) is 139 cm³/mol. The Hall–Kier alpha value is -3.93. The monoisotopic (exact) mass is 527 g/mol. The summed E-state index contributed by atoms with van der Waals surface area (Å²) in [7, 11) is -1.31. The molecule has 196 valence electrons. The molecule has 0 aromatic heterocycles. The third kappa shape index (κ3) is 7.78. The number of anilines is 1. The van der Waals surface area contributed by atoms with E-state index in [-0.39, 0.29) is 10.6 Å². The number of hydrogen-bond donors (Lipinski definition) is 4. The average Bonchev–Trinajstić information content (AvgIpc) is 2.88. The number of ether oxygens (including phenoxy) is 2. The van der Waals surface area contributed by atoms with Crippen LogP contribution in [-0.4, -0.2) is 52.9 Å². The highest BCUT2D eigenvalue weighted by atomic mass is 32.2. The van der Waals surface area contributed by atoms with E-state index in [0.717, 1.165) is 0 Å². The van der Waals surface area contributed by atoms with Crippen LogP contribution in [0.3, 0.4) is 0 Å². The van der Waals surface area contributed by atoms with Gasteiger partial charge in [-0.05, 0) is 41.0 Å². The standard InChI is InChI=1S/C26H29N3O7S/c1-35-14-13-27-26(32)28-21-10-6-9-19(15-21)20-11-12-23(36-2)24(16-20)37(33,34)29-22(17-25(30)31)18-7-4-3-5-8-18/h3-12,15-16,22,29H,13-14,17H2,1-2H3,(H,30,31)(H2,27,28,32). The maximum atomic E-state index is 13.4. The number of benzene rings is 3. The first-order valence-electron chi connectivity index (χ1n) is 11.3. The number of rotatable bonds is 12. The zero-order chi connectivity index (χ0) is 26.8. The minimum Gasteiger partial charge on any atom is -0.495 e. The molecule has 37 heavy (non-hydrogen) atoms. The molecule has 1 atom stereocenters. The largest absolute Gasteiger partial charge is 0.495 e. The molecular formula is C26H29N3O7S. The first-order valence-corrected chi connectivity index (χ1v) is 12.8. The molecule has 0 aliphatic heterocycles. The quantitative estimate of drug-likeness (QED) is 0.263. The van der Waals surface area contributed by atoms with Crippen LogP contribution < -0.4 is 20.1 Å². The molecule has 10 nitrogen and oxygen atoms in total. The van der Waals surface area contributed by atoms with Crippen LogP contribution in [-0.2, 0) is 19.6 Å². The summed E-state index contributed by atoms with van der Waals surface area (Å²) in [6.45, 7) is 0.725. The fraction of sp³-hybridized carbons (Fsp3) is 0.231. The Kier molecular flexibility index (Phi) is 9.61. The first kappa shape index (κ1) is 27.7. The lowest BCUT2D eigenvalue weighted by atomic mass is 10.0. The Morgan fingerprint density at radius 3 is 2.35 bits per heavy atom. The summed E-state index contributed by atoms with van der Waals surface area (Å²) in [5, 5.41) is 14.7. The van der Waals surface area contributed by atoms with Crippen LogP contribution in [0.15, 0.2) is 77.7 Å². The van der Waals surface area contributed by atoms with E-state index in [9.17, 15) is 23.1 Å². The van der Waals surface area contributed by atoms with Crippen molar-refractivity contribution in [3.63, 3.8) is 0 Å². The number of carboxylic acids is 1. The van der Waals surface area contributed by atoms with Crippen molar-refractivity contribution >= 4 is 27.7 Å². The Morgan fingerprint density at radius 1 is 0.946 bits per heavy atom. The van der Waals surface area contributed by atoms with Crippen molar-refractivity contribution in [3.05, 3.63) is 78.4 Å². The molecule has 1 unspecified atom stereocenters. The van der Waals surface area contributed by atoms with Gasteiger partial charge in [0.2, 0.25) is 10.0 Å². The minimum atomic E-state index is -4.20. The number of carbonyl (C=O) groups is 2. The zero-order valence-corrected chi connectivity index (χ0v) is 21.2. The topological polar surface area (TPSA) is 143 Å². The van der Waals surface area contributed by atoms with Gasteiger partial charge in [-0.3, -0.25) is 4.79 Å². The summed E-state index contributed by atoms with van der Waals surface area (Å²) in [6, 6.07) is 18.7. The van der Waals surface area contributed by atoms with Crippen molar-refractivity contribution in [2.24, 2.45) is 0 Å². The van der Waals surface area contributed by atoms with Gasteiger partial charge >= 0.3 is 12.0 Å². The van der Waals surface area contributed by atoms with Crippen LogP contribution in [0.1, 0.15) is 18.0 Å². The van der Waals surface area contributed by atoms with Crippen LogP contribution in [0.4, 0.5) is 10.5 Å². The van der Waals surface area contributed by atoms with Gasteiger partial charge in [0.05, 0.1) is 26.2 Å². The number of nitrogens with one attached hydrogen (secondary N) is 3. The number of sulfonamides is 1. The fourth-order valence-corrected chi connectivity index (χ4v) is 5.04. The van der Waals surface area contributed by atoms with E-state index in [2.05, 4.69) is 15.4 Å². The average molecular weight is 528 g/mol. The van der Waals surface area contributed by atoms with Gasteiger partial charge in [-0.15, -0.1) is 0 Å². The summed E-state index contributed by atoms with van der Waals surface area (Å²) < 4.78 is 39.6. The van der Waals surface area contributed by atoms with E-state index >= 15 is 0 Å². The van der Waals surface area contributed by atoms with Crippen LogP contribution in [0.2, 0.25) is 0 Å². The molecule has 2 amide bonds. The summed E-state index contributed by atoms with van der Waals surface area (Å²) in [5.74, 6) is -1.04. The van der Waals surface area contributed by atoms with Crippen LogP contribution in [0.5, 0.6) is 5.75 Å². The van der Waals surface area contributed by atoms with E-state index < -0.39 is 34.5 Å². The highest BCUT2D eigenvalue weighted by Crippen LogP contribution is 2.32. The van der Waals surface area contributed by atoms with Crippen molar-refractivity contribution in [2.75, 3.05) is 32.7 Å². The third-order valence-electron chi connectivity index (χ3n) is 5.38. The Bertz CT molecular complexity index is 1330. The molecule has 3 aromatic rings. The third-order valence-corrected chi connectivity index (χ3v) is 6.87. The molecule has 3 aromatic carbocycles. The number of methoxy groups -OCH3 is 2. The molecule has 11 heteroatoms. The van der Waals surface area contributed by atoms with Gasteiger partial charge in [0, 0.05) is 19.3 Å². The molecule has 0 radical (unpaired) electrons. The lowest BCUT2D eigenvalue weighted by Gasteiger charge is -2.19. The Labute approximate surface area is 215 Å². The predicted octanol–water partition coefficient (Wildman–Crippen LogP) is 3.62. The van der Waals surface area contributed by atoms with Gasteiger partial charge in [-0.1, -0.05) is 48.5 Å². The number of carbonyl (C=O) groups excluding carboxylic acids is 1. The Morgan fingerprint density at radius 2 is 1.68 bits per heavy atom. The molecular weight excluding hydrogens is 498 g/mol. The zero-order valence-electron chi connectivity index (χ0n) is 20.4. The number of carboxylic acid groups (broad SMARTS) is 1.